The number of aromatic nitrogens is 3. The molecular weight excluding hydrogens is 511 g/mol. The van der Waals surface area contributed by atoms with Gasteiger partial charge in [0.2, 0.25) is 11.3 Å². The zero-order chi connectivity index (χ0) is 26.8. The molecule has 5 rings (SSSR count). The van der Waals surface area contributed by atoms with Gasteiger partial charge < -0.3 is 25.6 Å². The third kappa shape index (κ3) is 5.51. The summed E-state index contributed by atoms with van der Waals surface area (Å²) >= 11 is 1.49. The van der Waals surface area contributed by atoms with Crippen LogP contribution in [0.1, 0.15) is 48.7 Å². The predicted octanol–water partition coefficient (Wildman–Crippen LogP) is 3.45. The first-order valence-electron chi connectivity index (χ1n) is 12.7. The topological polar surface area (TPSA) is 138 Å². The molecule has 12 heteroatoms. The van der Waals surface area contributed by atoms with Crippen molar-refractivity contribution in [2.45, 2.75) is 56.6 Å². The van der Waals surface area contributed by atoms with E-state index in [-0.39, 0.29) is 28.8 Å². The molecule has 0 atom stereocenters. The molecule has 38 heavy (non-hydrogen) atoms. The lowest BCUT2D eigenvalue weighted by Crippen LogP contribution is -2.32. The molecule has 3 aromatic heterocycles. The minimum absolute atomic E-state index is 0.0312. The van der Waals surface area contributed by atoms with Crippen LogP contribution in [-0.4, -0.2) is 49.9 Å². The van der Waals surface area contributed by atoms with Gasteiger partial charge in [0.1, 0.15) is 17.0 Å². The SMILES string of the molecule is CCn1cc(C(=O)O)c(=O)c2cc(F)c(NC3CCC(CNCc4ccc5c(n4)NC(=O)CS5)CC3)nc21. The Morgan fingerprint density at radius 2 is 2.03 bits per heavy atom. The summed E-state index contributed by atoms with van der Waals surface area (Å²) in [7, 11) is 0. The molecule has 0 spiro atoms. The van der Waals surface area contributed by atoms with Crippen molar-refractivity contribution in [2.75, 3.05) is 22.9 Å². The van der Waals surface area contributed by atoms with Crippen LogP contribution >= 0.6 is 11.8 Å². The first kappa shape index (κ1) is 26.1. The number of nitrogens with zero attached hydrogens (tertiary/aromatic N) is 3. The van der Waals surface area contributed by atoms with E-state index in [1.165, 1.54) is 18.0 Å². The number of halogens is 1. The smallest absolute Gasteiger partial charge is 0.341 e. The Balaban J connectivity index is 1.17. The lowest BCUT2D eigenvalue weighted by molar-refractivity contribution is -0.113. The fourth-order valence-electron chi connectivity index (χ4n) is 4.99. The lowest BCUT2D eigenvalue weighted by atomic mass is 9.86. The number of carboxylic acids is 1. The lowest BCUT2D eigenvalue weighted by Gasteiger charge is -2.29. The van der Waals surface area contributed by atoms with Crippen molar-refractivity contribution < 1.29 is 19.1 Å². The highest BCUT2D eigenvalue weighted by Crippen LogP contribution is 2.30. The highest BCUT2D eigenvalue weighted by atomic mass is 32.2. The molecule has 0 bridgehead atoms. The summed E-state index contributed by atoms with van der Waals surface area (Å²) in [4.78, 5) is 45.5. The van der Waals surface area contributed by atoms with E-state index in [2.05, 4.69) is 25.9 Å². The van der Waals surface area contributed by atoms with Gasteiger partial charge in [0.25, 0.3) is 0 Å². The van der Waals surface area contributed by atoms with Gasteiger partial charge in [0.15, 0.2) is 11.6 Å². The molecule has 4 heterocycles. The number of carbonyl (C=O) groups is 2. The van der Waals surface area contributed by atoms with Crippen LogP contribution in [0.4, 0.5) is 16.0 Å². The number of aromatic carboxylic acids is 1. The minimum atomic E-state index is -1.35. The largest absolute Gasteiger partial charge is 0.477 e. The Hall–Kier alpha value is -3.51. The van der Waals surface area contributed by atoms with Crippen molar-refractivity contribution >= 4 is 46.3 Å². The predicted molar refractivity (Wildman–Crippen MR) is 143 cm³/mol. The molecule has 10 nitrogen and oxygen atoms in total. The van der Waals surface area contributed by atoms with E-state index >= 15 is 0 Å². The van der Waals surface area contributed by atoms with Gasteiger partial charge in [-0.15, -0.1) is 11.8 Å². The molecule has 200 valence electrons. The maximum Gasteiger partial charge on any atom is 0.341 e. The summed E-state index contributed by atoms with van der Waals surface area (Å²) in [6.45, 7) is 3.65. The molecule has 1 aliphatic heterocycles. The number of hydrogen-bond acceptors (Lipinski definition) is 8. The third-order valence-electron chi connectivity index (χ3n) is 7.03. The van der Waals surface area contributed by atoms with Gasteiger partial charge in [-0.05, 0) is 63.3 Å². The summed E-state index contributed by atoms with van der Waals surface area (Å²) in [5.41, 5.74) is -0.00206. The number of aryl methyl sites for hydroxylation is 1. The van der Waals surface area contributed by atoms with Crippen molar-refractivity contribution in [2.24, 2.45) is 5.92 Å². The van der Waals surface area contributed by atoms with E-state index in [9.17, 15) is 23.9 Å². The number of hydrogen-bond donors (Lipinski definition) is 4. The quantitative estimate of drug-likeness (QED) is 0.338. The highest BCUT2D eigenvalue weighted by Gasteiger charge is 2.24. The number of carboxylic acid groups (broad SMARTS) is 1. The number of nitrogens with one attached hydrogen (secondary N) is 3. The monoisotopic (exact) mass is 540 g/mol. The van der Waals surface area contributed by atoms with Gasteiger partial charge in [0, 0.05) is 25.3 Å². The van der Waals surface area contributed by atoms with Crippen LogP contribution in [-0.2, 0) is 17.9 Å². The van der Waals surface area contributed by atoms with Crippen molar-refractivity contribution in [3.63, 3.8) is 0 Å². The fraction of sp³-hybridized carbons (Fsp3) is 0.423. The van der Waals surface area contributed by atoms with Crippen LogP contribution < -0.4 is 21.4 Å². The summed E-state index contributed by atoms with van der Waals surface area (Å²) < 4.78 is 16.4. The van der Waals surface area contributed by atoms with E-state index < -0.39 is 22.8 Å². The second-order valence-corrected chi connectivity index (χ2v) is 10.6. The van der Waals surface area contributed by atoms with Crippen molar-refractivity contribution in [1.29, 1.82) is 0 Å². The molecule has 0 unspecified atom stereocenters. The van der Waals surface area contributed by atoms with E-state index in [4.69, 9.17) is 0 Å². The van der Waals surface area contributed by atoms with Crippen LogP contribution in [0.3, 0.4) is 0 Å². The average molecular weight is 541 g/mol. The second-order valence-electron chi connectivity index (χ2n) is 9.63. The second kappa shape index (κ2) is 11.1. The van der Waals surface area contributed by atoms with E-state index in [1.807, 2.05) is 19.1 Å². The van der Waals surface area contributed by atoms with Gasteiger partial charge in [-0.3, -0.25) is 9.59 Å². The zero-order valence-corrected chi connectivity index (χ0v) is 21.7. The summed E-state index contributed by atoms with van der Waals surface area (Å²) in [5.74, 6) is -0.445. The number of amides is 1. The van der Waals surface area contributed by atoms with Crippen LogP contribution in [0.15, 0.2) is 34.1 Å². The molecule has 0 saturated heterocycles. The molecule has 0 aromatic carbocycles. The van der Waals surface area contributed by atoms with E-state index in [0.29, 0.717) is 30.6 Å². The van der Waals surface area contributed by atoms with Crippen molar-refractivity contribution in [3.8, 4) is 0 Å². The highest BCUT2D eigenvalue weighted by molar-refractivity contribution is 8.00. The molecule has 3 aromatic rings. The Bertz CT molecular complexity index is 1450. The minimum Gasteiger partial charge on any atom is -0.477 e. The van der Waals surface area contributed by atoms with E-state index in [1.54, 1.807) is 4.57 Å². The molecular formula is C26H29FN6O4S. The van der Waals surface area contributed by atoms with Crippen molar-refractivity contribution in [1.82, 2.24) is 19.9 Å². The number of thioether (sulfide) groups is 1. The Morgan fingerprint density at radius 3 is 2.76 bits per heavy atom. The maximum absolute atomic E-state index is 14.9. The van der Waals surface area contributed by atoms with Gasteiger partial charge in [-0.25, -0.2) is 19.2 Å². The van der Waals surface area contributed by atoms with Crippen LogP contribution in [0.2, 0.25) is 0 Å². The number of fused-ring (bicyclic) bond motifs is 2. The standard InChI is InChI=1S/C26H29FN6O4S/c1-2-33-12-18(26(36)37)22(35)17-9-19(27)23(32-25(17)33)29-15-5-3-14(4-6-15)10-28-11-16-7-8-20-24(30-16)31-21(34)13-38-20/h7-9,12,14-15,28H,2-6,10-11,13H2,1H3,(H,29,32)(H,36,37)(H,30,31,34). The Kier molecular flexibility index (Phi) is 7.61. The summed E-state index contributed by atoms with van der Waals surface area (Å²) in [6.07, 6.45) is 4.89. The molecule has 4 N–H and O–H groups in total. The zero-order valence-electron chi connectivity index (χ0n) is 20.9. The summed E-state index contributed by atoms with van der Waals surface area (Å²) in [5, 5.41) is 18.7. The Morgan fingerprint density at radius 1 is 1.24 bits per heavy atom. The first-order valence-corrected chi connectivity index (χ1v) is 13.7. The van der Waals surface area contributed by atoms with Crippen LogP contribution in [0.5, 0.6) is 0 Å². The number of anilines is 2. The molecule has 2 aliphatic rings. The molecule has 1 amide bonds. The van der Waals surface area contributed by atoms with Gasteiger partial charge in [-0.1, -0.05) is 0 Å². The number of pyridine rings is 3. The normalized spacial score (nSPS) is 19.2. The number of rotatable bonds is 8. The fourth-order valence-corrected chi connectivity index (χ4v) is 5.75. The average Bonchev–Trinajstić information content (AvgIpc) is 2.90. The molecule has 1 aliphatic carbocycles. The van der Waals surface area contributed by atoms with Gasteiger partial charge in [0.05, 0.1) is 21.7 Å². The molecule has 1 fully saturated rings. The van der Waals surface area contributed by atoms with E-state index in [0.717, 1.165) is 48.9 Å². The maximum atomic E-state index is 14.9. The van der Waals surface area contributed by atoms with Crippen LogP contribution in [0.25, 0.3) is 11.0 Å². The van der Waals surface area contributed by atoms with Crippen LogP contribution in [0, 0.1) is 11.7 Å². The Labute approximate surface area is 222 Å². The number of carbonyl (C=O) groups excluding carboxylic acids is 1. The summed E-state index contributed by atoms with van der Waals surface area (Å²) in [6, 6.07) is 5.10. The van der Waals surface area contributed by atoms with Gasteiger partial charge in [-0.2, -0.15) is 0 Å². The van der Waals surface area contributed by atoms with Gasteiger partial charge >= 0.3 is 5.97 Å². The first-order chi connectivity index (χ1) is 18.3. The molecule has 0 radical (unpaired) electrons. The van der Waals surface area contributed by atoms with Crippen molar-refractivity contribution in [3.05, 3.63) is 51.7 Å². The third-order valence-corrected chi connectivity index (χ3v) is 8.08. The molecule has 1 saturated carbocycles.